The molecule has 2 atom stereocenters. The monoisotopic (exact) mass is 275 g/mol. The summed E-state index contributed by atoms with van der Waals surface area (Å²) in [5, 5.41) is 32.9. The number of nitro groups is 1. The van der Waals surface area contributed by atoms with Crippen molar-refractivity contribution in [3.63, 3.8) is 0 Å². The number of nitrogens with one attached hydrogen (secondary N) is 1. The van der Waals surface area contributed by atoms with E-state index in [0.717, 1.165) is 6.07 Å². The molecule has 0 saturated heterocycles. The van der Waals surface area contributed by atoms with Gasteiger partial charge in [0.1, 0.15) is 17.0 Å². The number of nitrogens with zero attached hydrogens (tertiary/aromatic N) is 2. The summed E-state index contributed by atoms with van der Waals surface area (Å²) in [6, 6.07) is 1.13. The smallest absolute Gasteiger partial charge is 0.290 e. The average molecular weight is 276 g/mol. The van der Waals surface area contributed by atoms with Crippen LogP contribution in [0.2, 0.25) is 5.15 Å². The van der Waals surface area contributed by atoms with Crippen molar-refractivity contribution in [3.05, 3.63) is 32.6 Å². The Hall–Kier alpha value is -1.28. The lowest BCUT2D eigenvalue weighted by molar-refractivity contribution is -0.385. The zero-order valence-electron chi connectivity index (χ0n) is 9.92. The fourth-order valence-corrected chi connectivity index (χ4v) is 1.79. The van der Waals surface area contributed by atoms with Gasteiger partial charge < -0.3 is 15.5 Å². The molecule has 0 saturated carbocycles. The van der Waals surface area contributed by atoms with E-state index in [4.69, 9.17) is 11.6 Å². The van der Waals surface area contributed by atoms with E-state index in [1.165, 1.54) is 6.92 Å². The van der Waals surface area contributed by atoms with Crippen LogP contribution in [0.25, 0.3) is 0 Å². The number of hydrogen-bond donors (Lipinski definition) is 3. The van der Waals surface area contributed by atoms with Crippen molar-refractivity contribution in [3.8, 4) is 0 Å². The molecule has 2 unspecified atom stereocenters. The molecule has 100 valence electrons. The minimum absolute atomic E-state index is 0.0386. The molecule has 0 bridgehead atoms. The minimum Gasteiger partial charge on any atom is -0.389 e. The van der Waals surface area contributed by atoms with Crippen LogP contribution in [0.5, 0.6) is 0 Å². The molecule has 1 aromatic rings. The van der Waals surface area contributed by atoms with Crippen LogP contribution in [0.3, 0.4) is 0 Å². The van der Waals surface area contributed by atoms with E-state index in [1.807, 2.05) is 0 Å². The molecule has 18 heavy (non-hydrogen) atoms. The molecule has 1 rings (SSSR count). The number of aliphatic hydroxyl groups is 2. The van der Waals surface area contributed by atoms with Crippen molar-refractivity contribution in [2.75, 3.05) is 13.6 Å². The molecule has 8 heteroatoms. The van der Waals surface area contributed by atoms with E-state index in [1.54, 1.807) is 7.05 Å². The number of hydrogen-bond acceptors (Lipinski definition) is 6. The Morgan fingerprint density at radius 2 is 2.22 bits per heavy atom. The second-order valence-corrected chi connectivity index (χ2v) is 4.16. The van der Waals surface area contributed by atoms with Gasteiger partial charge in [-0.15, -0.1) is 0 Å². The zero-order chi connectivity index (χ0) is 13.9. The highest BCUT2D eigenvalue weighted by molar-refractivity contribution is 6.30. The largest absolute Gasteiger partial charge is 0.389 e. The first-order chi connectivity index (χ1) is 8.38. The third-order valence-corrected chi connectivity index (χ3v) is 2.76. The van der Waals surface area contributed by atoms with Gasteiger partial charge in [0, 0.05) is 18.2 Å². The molecule has 0 spiro atoms. The quantitative estimate of drug-likeness (QED) is 0.412. The lowest BCUT2D eigenvalue weighted by Crippen LogP contribution is -2.30. The van der Waals surface area contributed by atoms with Crippen LogP contribution in [-0.2, 0) is 0 Å². The van der Waals surface area contributed by atoms with Gasteiger partial charge in [0.05, 0.1) is 11.0 Å². The van der Waals surface area contributed by atoms with Crippen molar-refractivity contribution < 1.29 is 15.1 Å². The van der Waals surface area contributed by atoms with E-state index in [9.17, 15) is 20.3 Å². The highest BCUT2D eigenvalue weighted by atomic mass is 35.5. The van der Waals surface area contributed by atoms with E-state index < -0.39 is 17.1 Å². The number of pyridine rings is 1. The predicted molar refractivity (Wildman–Crippen MR) is 65.5 cm³/mol. The Labute approximate surface area is 109 Å². The summed E-state index contributed by atoms with van der Waals surface area (Å²) in [4.78, 5) is 13.9. The number of rotatable bonds is 5. The number of aromatic nitrogens is 1. The normalized spacial score (nSPS) is 14.3. The van der Waals surface area contributed by atoms with Gasteiger partial charge in [-0.25, -0.2) is 4.98 Å². The molecule has 0 aliphatic heterocycles. The van der Waals surface area contributed by atoms with E-state index in [0.29, 0.717) is 0 Å². The van der Waals surface area contributed by atoms with E-state index in [-0.39, 0.29) is 28.6 Å². The molecule has 0 aliphatic carbocycles. The predicted octanol–water partition coefficient (Wildman–Crippen LogP) is 0.565. The Bertz CT molecular complexity index is 455. The summed E-state index contributed by atoms with van der Waals surface area (Å²) >= 11 is 5.82. The van der Waals surface area contributed by atoms with E-state index in [2.05, 4.69) is 10.3 Å². The van der Waals surface area contributed by atoms with Crippen LogP contribution in [0.1, 0.15) is 17.4 Å². The Morgan fingerprint density at radius 1 is 1.61 bits per heavy atom. The summed E-state index contributed by atoms with van der Waals surface area (Å²) in [6.07, 6.45) is -2.46. The third-order valence-electron chi connectivity index (χ3n) is 2.46. The molecule has 7 nitrogen and oxygen atoms in total. The number of halogens is 1. The third kappa shape index (κ3) is 3.14. The maximum Gasteiger partial charge on any atom is 0.290 e. The molecule has 0 radical (unpaired) electrons. The second kappa shape index (κ2) is 6.05. The lowest BCUT2D eigenvalue weighted by atomic mass is 10.1. The maximum atomic E-state index is 10.8. The molecule has 0 aromatic carbocycles. The summed E-state index contributed by atoms with van der Waals surface area (Å²) in [5.74, 6) is 0. The topological polar surface area (TPSA) is 109 Å². The van der Waals surface area contributed by atoms with Gasteiger partial charge in [-0.2, -0.15) is 0 Å². The first kappa shape index (κ1) is 14.8. The van der Waals surface area contributed by atoms with Crippen LogP contribution in [0.4, 0.5) is 5.69 Å². The van der Waals surface area contributed by atoms with Crippen molar-refractivity contribution in [1.29, 1.82) is 0 Å². The molecular formula is C10H14ClN3O4. The first-order valence-corrected chi connectivity index (χ1v) is 5.58. The summed E-state index contributed by atoms with van der Waals surface area (Å²) < 4.78 is 0. The van der Waals surface area contributed by atoms with Crippen molar-refractivity contribution >= 4 is 17.3 Å². The molecule has 0 fully saturated rings. The van der Waals surface area contributed by atoms with Crippen LogP contribution in [-0.4, -0.2) is 39.8 Å². The van der Waals surface area contributed by atoms with Gasteiger partial charge >= 0.3 is 0 Å². The van der Waals surface area contributed by atoms with Gasteiger partial charge in [-0.3, -0.25) is 10.1 Å². The fraction of sp³-hybridized carbons (Fsp3) is 0.500. The van der Waals surface area contributed by atoms with Crippen LogP contribution in [0.15, 0.2) is 6.07 Å². The Morgan fingerprint density at radius 3 is 2.72 bits per heavy atom. The molecule has 1 aromatic heterocycles. The van der Waals surface area contributed by atoms with Crippen LogP contribution < -0.4 is 5.32 Å². The van der Waals surface area contributed by atoms with Gasteiger partial charge in [-0.05, 0) is 14.0 Å². The highest BCUT2D eigenvalue weighted by Gasteiger charge is 2.25. The van der Waals surface area contributed by atoms with Crippen molar-refractivity contribution in [2.24, 2.45) is 0 Å². The minimum atomic E-state index is -1.34. The standard InChI is InChI=1S/C10H14ClN3O4/c1-5-7(14(17)18)3-6(10(11)13-5)9(16)8(15)4-12-2/h3,8-9,12,15-16H,4H2,1-2H3. The molecule has 3 N–H and O–H groups in total. The van der Waals surface area contributed by atoms with Gasteiger partial charge in [0.15, 0.2) is 0 Å². The fourth-order valence-electron chi connectivity index (χ4n) is 1.50. The number of aliphatic hydroxyl groups excluding tert-OH is 2. The first-order valence-electron chi connectivity index (χ1n) is 5.20. The highest BCUT2D eigenvalue weighted by Crippen LogP contribution is 2.29. The van der Waals surface area contributed by atoms with Crippen molar-refractivity contribution in [2.45, 2.75) is 19.1 Å². The van der Waals surface area contributed by atoms with Crippen molar-refractivity contribution in [1.82, 2.24) is 10.3 Å². The Kier molecular flexibility index (Phi) is 4.97. The van der Waals surface area contributed by atoms with Gasteiger partial charge in [-0.1, -0.05) is 11.6 Å². The average Bonchev–Trinajstić information content (AvgIpc) is 2.28. The number of likely N-dealkylation sites (N-methyl/N-ethyl adjacent to an activating group) is 1. The molecule has 1 heterocycles. The van der Waals surface area contributed by atoms with Crippen LogP contribution >= 0.6 is 11.6 Å². The summed E-state index contributed by atoms with van der Waals surface area (Å²) in [5.41, 5.74) is -0.0501. The molecular weight excluding hydrogens is 262 g/mol. The van der Waals surface area contributed by atoms with Gasteiger partial charge in [0.2, 0.25) is 0 Å². The summed E-state index contributed by atoms with van der Waals surface area (Å²) in [7, 11) is 1.60. The Balaban J connectivity index is 3.15. The lowest BCUT2D eigenvalue weighted by Gasteiger charge is -2.18. The second-order valence-electron chi connectivity index (χ2n) is 3.80. The van der Waals surface area contributed by atoms with Crippen LogP contribution in [0, 0.1) is 17.0 Å². The SMILES string of the molecule is CNCC(O)C(O)c1cc([N+](=O)[O-])c(C)nc1Cl. The maximum absolute atomic E-state index is 10.8. The van der Waals surface area contributed by atoms with E-state index >= 15 is 0 Å². The number of aryl methyl sites for hydroxylation is 1. The zero-order valence-corrected chi connectivity index (χ0v) is 10.7. The molecule has 0 amide bonds. The molecule has 0 aliphatic rings. The van der Waals surface area contributed by atoms with Gasteiger partial charge in [0.25, 0.3) is 5.69 Å². The summed E-state index contributed by atoms with van der Waals surface area (Å²) in [6.45, 7) is 1.57.